The van der Waals surface area contributed by atoms with Crippen LogP contribution in [-0.4, -0.2) is 21.6 Å². The highest BCUT2D eigenvalue weighted by Gasteiger charge is 2.04. The summed E-state index contributed by atoms with van der Waals surface area (Å²) in [5.41, 5.74) is 5.17. The first-order valence-corrected chi connectivity index (χ1v) is 3.64. The Kier molecular flexibility index (Phi) is 7.44. The van der Waals surface area contributed by atoms with Crippen molar-refractivity contribution in [3.05, 3.63) is 21.7 Å². The third-order valence-electron chi connectivity index (χ3n) is 1.56. The lowest BCUT2D eigenvalue weighted by atomic mass is 10.3. The number of hydrogen-bond acceptors (Lipinski definition) is 4. The van der Waals surface area contributed by atoms with Crippen molar-refractivity contribution in [2.24, 2.45) is 5.73 Å². The second-order valence-corrected chi connectivity index (χ2v) is 2.50. The molecule has 5 nitrogen and oxygen atoms in total. The van der Waals surface area contributed by atoms with Gasteiger partial charge in [0.05, 0.1) is 5.56 Å². The third-order valence-corrected chi connectivity index (χ3v) is 1.56. The molecule has 7 heteroatoms. The highest BCUT2D eigenvalue weighted by Crippen LogP contribution is 2.05. The molecular formula is C7H13Cl2N3O2. The Morgan fingerprint density at radius 2 is 2.07 bits per heavy atom. The van der Waals surface area contributed by atoms with E-state index < -0.39 is 0 Å². The van der Waals surface area contributed by atoms with Crippen molar-refractivity contribution in [3.8, 4) is 5.88 Å². The van der Waals surface area contributed by atoms with Crippen LogP contribution in [0.2, 0.25) is 0 Å². The summed E-state index contributed by atoms with van der Waals surface area (Å²) in [5, 5.41) is 9.14. The second kappa shape index (κ2) is 6.64. The highest BCUT2D eigenvalue weighted by molar-refractivity contribution is 5.85. The Morgan fingerprint density at radius 3 is 2.50 bits per heavy atom. The van der Waals surface area contributed by atoms with E-state index in [1.54, 1.807) is 0 Å². The molecule has 0 spiro atoms. The summed E-state index contributed by atoms with van der Waals surface area (Å²) in [4.78, 5) is 17.3. The maximum atomic E-state index is 11.0. The Hall–Kier alpha value is -0.780. The molecule has 0 saturated carbocycles. The Balaban J connectivity index is 0. The van der Waals surface area contributed by atoms with Crippen molar-refractivity contribution in [2.75, 3.05) is 6.54 Å². The van der Waals surface area contributed by atoms with Gasteiger partial charge in [0.1, 0.15) is 5.82 Å². The minimum absolute atomic E-state index is 0. The average molecular weight is 242 g/mol. The smallest absolute Gasteiger partial charge is 0.257 e. The molecule has 0 saturated heterocycles. The minimum atomic E-state index is -0.314. The van der Waals surface area contributed by atoms with E-state index in [4.69, 9.17) is 10.8 Å². The highest BCUT2D eigenvalue weighted by atomic mass is 35.5. The number of aromatic amines is 1. The van der Waals surface area contributed by atoms with Crippen LogP contribution in [0.15, 0.2) is 4.79 Å². The van der Waals surface area contributed by atoms with Gasteiger partial charge in [-0.05, 0) is 13.5 Å². The van der Waals surface area contributed by atoms with Gasteiger partial charge in [0.15, 0.2) is 0 Å². The quantitative estimate of drug-likeness (QED) is 0.687. The van der Waals surface area contributed by atoms with Gasteiger partial charge in [-0.15, -0.1) is 24.8 Å². The number of halogens is 2. The molecule has 1 aromatic rings. The molecule has 0 atom stereocenters. The fraction of sp³-hybridized carbons (Fsp3) is 0.429. The SMILES string of the molecule is Cc1c(O)nc(CCN)[nH]c1=O.Cl.Cl. The van der Waals surface area contributed by atoms with Crippen LogP contribution in [0.5, 0.6) is 5.88 Å². The molecule has 1 heterocycles. The molecule has 0 unspecified atom stereocenters. The molecule has 1 aromatic heterocycles. The van der Waals surface area contributed by atoms with Gasteiger partial charge < -0.3 is 15.8 Å². The maximum absolute atomic E-state index is 11.0. The van der Waals surface area contributed by atoms with Crippen LogP contribution in [0.1, 0.15) is 11.4 Å². The monoisotopic (exact) mass is 241 g/mol. The van der Waals surface area contributed by atoms with Gasteiger partial charge in [-0.25, -0.2) is 4.98 Å². The van der Waals surface area contributed by atoms with Crippen LogP contribution in [0.25, 0.3) is 0 Å². The number of nitrogens with two attached hydrogens (primary N) is 1. The number of hydrogen-bond donors (Lipinski definition) is 3. The number of nitrogens with one attached hydrogen (secondary N) is 1. The van der Waals surface area contributed by atoms with Crippen molar-refractivity contribution >= 4 is 24.8 Å². The van der Waals surface area contributed by atoms with Crippen LogP contribution >= 0.6 is 24.8 Å². The summed E-state index contributed by atoms with van der Waals surface area (Å²) in [5.74, 6) is 0.202. The first-order valence-electron chi connectivity index (χ1n) is 3.64. The predicted molar refractivity (Wildman–Crippen MR) is 58.5 cm³/mol. The van der Waals surface area contributed by atoms with E-state index in [0.29, 0.717) is 18.8 Å². The molecule has 0 fully saturated rings. The zero-order valence-corrected chi connectivity index (χ0v) is 9.24. The molecule has 14 heavy (non-hydrogen) atoms. The summed E-state index contributed by atoms with van der Waals surface area (Å²) in [7, 11) is 0. The van der Waals surface area contributed by atoms with Gasteiger partial charge in [-0.1, -0.05) is 0 Å². The standard InChI is InChI=1S/C7H11N3O2.2ClH/c1-4-6(11)9-5(2-3-8)10-7(4)12;;/h2-3,8H2,1H3,(H2,9,10,11,12);2*1H. The van der Waals surface area contributed by atoms with Gasteiger partial charge in [0.2, 0.25) is 5.88 Å². The van der Waals surface area contributed by atoms with Crippen molar-refractivity contribution in [2.45, 2.75) is 13.3 Å². The van der Waals surface area contributed by atoms with Gasteiger partial charge in [0, 0.05) is 6.42 Å². The third kappa shape index (κ3) is 3.53. The molecule has 0 amide bonds. The number of H-pyrrole nitrogens is 1. The van der Waals surface area contributed by atoms with E-state index in [1.807, 2.05) is 0 Å². The Bertz CT molecular complexity index is 340. The van der Waals surface area contributed by atoms with Crippen LogP contribution < -0.4 is 11.3 Å². The van der Waals surface area contributed by atoms with Crippen LogP contribution in [0.3, 0.4) is 0 Å². The Labute approximate surface area is 93.6 Å². The van der Waals surface area contributed by atoms with Crippen LogP contribution in [-0.2, 0) is 6.42 Å². The summed E-state index contributed by atoms with van der Waals surface area (Å²) in [6.45, 7) is 1.90. The molecule has 0 aliphatic heterocycles. The van der Waals surface area contributed by atoms with E-state index in [-0.39, 0.29) is 41.8 Å². The van der Waals surface area contributed by atoms with E-state index in [1.165, 1.54) is 6.92 Å². The van der Waals surface area contributed by atoms with E-state index in [2.05, 4.69) is 9.97 Å². The number of rotatable bonds is 2. The number of aromatic nitrogens is 2. The normalized spacial score (nSPS) is 8.71. The predicted octanol–water partition coefficient (Wildman–Crippen LogP) is 0.129. The van der Waals surface area contributed by atoms with E-state index in [9.17, 15) is 4.79 Å². The lowest BCUT2D eigenvalue weighted by Crippen LogP contribution is -2.16. The summed E-state index contributed by atoms with van der Waals surface area (Å²) < 4.78 is 0. The van der Waals surface area contributed by atoms with Gasteiger partial charge in [-0.2, -0.15) is 0 Å². The average Bonchev–Trinajstić information content (AvgIpc) is 2.01. The molecule has 0 radical (unpaired) electrons. The van der Waals surface area contributed by atoms with Crippen molar-refractivity contribution in [1.29, 1.82) is 0 Å². The lowest BCUT2D eigenvalue weighted by Gasteiger charge is -2.00. The van der Waals surface area contributed by atoms with Crippen molar-refractivity contribution < 1.29 is 5.11 Å². The molecule has 82 valence electrons. The fourth-order valence-electron chi connectivity index (χ4n) is 0.821. The molecule has 0 aromatic carbocycles. The fourth-order valence-corrected chi connectivity index (χ4v) is 0.821. The Morgan fingerprint density at radius 1 is 1.50 bits per heavy atom. The largest absolute Gasteiger partial charge is 0.493 e. The summed E-state index contributed by atoms with van der Waals surface area (Å²) in [6, 6.07) is 0. The molecule has 4 N–H and O–H groups in total. The zero-order chi connectivity index (χ0) is 9.14. The van der Waals surface area contributed by atoms with Crippen LogP contribution in [0.4, 0.5) is 0 Å². The van der Waals surface area contributed by atoms with Gasteiger partial charge in [0.25, 0.3) is 5.56 Å². The first kappa shape index (κ1) is 15.7. The van der Waals surface area contributed by atoms with Gasteiger partial charge >= 0.3 is 0 Å². The van der Waals surface area contributed by atoms with Crippen LogP contribution in [0, 0.1) is 6.92 Å². The molecule has 0 aliphatic rings. The van der Waals surface area contributed by atoms with Crippen molar-refractivity contribution in [1.82, 2.24) is 9.97 Å². The number of nitrogens with zero attached hydrogens (tertiary/aromatic N) is 1. The van der Waals surface area contributed by atoms with E-state index in [0.717, 1.165) is 0 Å². The number of aromatic hydroxyl groups is 1. The first-order chi connectivity index (χ1) is 5.65. The molecule has 0 bridgehead atoms. The molecule has 1 rings (SSSR count). The summed E-state index contributed by atoms with van der Waals surface area (Å²) >= 11 is 0. The lowest BCUT2D eigenvalue weighted by molar-refractivity contribution is 0.442. The van der Waals surface area contributed by atoms with Crippen molar-refractivity contribution in [3.63, 3.8) is 0 Å². The minimum Gasteiger partial charge on any atom is -0.493 e. The summed E-state index contributed by atoms with van der Waals surface area (Å²) in [6.07, 6.45) is 0.461. The van der Waals surface area contributed by atoms with E-state index >= 15 is 0 Å². The topological polar surface area (TPSA) is 92.0 Å². The van der Waals surface area contributed by atoms with Gasteiger partial charge in [-0.3, -0.25) is 4.79 Å². The second-order valence-electron chi connectivity index (χ2n) is 2.50. The molecule has 0 aliphatic carbocycles. The molecular weight excluding hydrogens is 229 g/mol. The zero-order valence-electron chi connectivity index (χ0n) is 7.61. The maximum Gasteiger partial charge on any atom is 0.257 e.